The number of aliphatic carboxylic acids is 1. The first-order valence-electron chi connectivity index (χ1n) is 9.11. The number of nitrogens with one attached hydrogen (secondary N) is 1. The van der Waals surface area contributed by atoms with Gasteiger partial charge in [0.15, 0.2) is 0 Å². The molecule has 2 N–H and O–H groups in total. The van der Waals surface area contributed by atoms with Crippen molar-refractivity contribution in [3.63, 3.8) is 0 Å². The summed E-state index contributed by atoms with van der Waals surface area (Å²) in [6.07, 6.45) is 3.85. The lowest BCUT2D eigenvalue weighted by molar-refractivity contribution is -0.142. The van der Waals surface area contributed by atoms with Crippen molar-refractivity contribution < 1.29 is 23.9 Å². The first kappa shape index (κ1) is 19.7. The second-order valence-electron chi connectivity index (χ2n) is 6.99. The van der Waals surface area contributed by atoms with Crippen molar-refractivity contribution in [3.05, 3.63) is 35.6 Å². The van der Waals surface area contributed by atoms with Crippen LogP contribution in [-0.4, -0.2) is 52.0 Å². The second-order valence-corrected chi connectivity index (χ2v) is 7.99. The summed E-state index contributed by atoms with van der Waals surface area (Å²) in [5.74, 6) is -1.80. The predicted molar refractivity (Wildman–Crippen MR) is 99.7 cm³/mol. The molecule has 0 spiro atoms. The Kier molecular flexibility index (Phi) is 6.36. The van der Waals surface area contributed by atoms with E-state index in [1.165, 1.54) is 36.0 Å². The molecule has 0 bridgehead atoms. The Morgan fingerprint density at radius 2 is 1.89 bits per heavy atom. The third-order valence-corrected chi connectivity index (χ3v) is 6.24. The van der Waals surface area contributed by atoms with Crippen LogP contribution in [0.1, 0.15) is 37.2 Å². The number of carboxylic acids is 1. The first-order valence-corrected chi connectivity index (χ1v) is 10.3. The fraction of sp³-hybridized carbons (Fsp3) is 0.526. The maximum absolute atomic E-state index is 13.1. The molecule has 1 aromatic carbocycles. The summed E-state index contributed by atoms with van der Waals surface area (Å²) in [5.41, 5.74) is 0.420. The number of carbonyl (C=O) groups is 3. The van der Waals surface area contributed by atoms with E-state index in [9.17, 15) is 23.9 Å². The molecule has 6 nitrogen and oxygen atoms in total. The number of carbonyl (C=O) groups excluding carboxylic acids is 2. The lowest BCUT2D eigenvalue weighted by Gasteiger charge is -2.26. The quantitative estimate of drug-likeness (QED) is 0.773. The molecule has 27 heavy (non-hydrogen) atoms. The van der Waals surface area contributed by atoms with Crippen LogP contribution in [0.25, 0.3) is 0 Å². The standard InChI is InChI=1S/C19H23FN2O4S/c20-14-7-5-12(6-8-14)15(19(25)26)9-21-17(23)16-10-27-11-22(16)18(24)13-3-1-2-4-13/h5-8,13,15-16H,1-4,9-11H2,(H,21,23)(H,25,26). The van der Waals surface area contributed by atoms with Crippen LogP contribution in [0.5, 0.6) is 0 Å². The normalized spacial score (nSPS) is 21.2. The van der Waals surface area contributed by atoms with E-state index in [-0.39, 0.29) is 24.3 Å². The van der Waals surface area contributed by atoms with Gasteiger partial charge in [-0.05, 0) is 30.5 Å². The van der Waals surface area contributed by atoms with Gasteiger partial charge in [-0.2, -0.15) is 0 Å². The molecule has 1 aliphatic carbocycles. The Bertz CT molecular complexity index is 706. The summed E-state index contributed by atoms with van der Waals surface area (Å²) in [4.78, 5) is 38.5. The van der Waals surface area contributed by atoms with Crippen LogP contribution in [0, 0.1) is 11.7 Å². The fourth-order valence-electron chi connectivity index (χ4n) is 3.65. The number of thioether (sulfide) groups is 1. The molecule has 8 heteroatoms. The third kappa shape index (κ3) is 4.61. The highest BCUT2D eigenvalue weighted by atomic mass is 32.2. The summed E-state index contributed by atoms with van der Waals surface area (Å²) >= 11 is 1.53. The largest absolute Gasteiger partial charge is 0.481 e. The highest BCUT2D eigenvalue weighted by Gasteiger charge is 2.38. The van der Waals surface area contributed by atoms with Gasteiger partial charge in [-0.25, -0.2) is 4.39 Å². The molecule has 1 aliphatic heterocycles. The van der Waals surface area contributed by atoms with Gasteiger partial charge in [0.1, 0.15) is 11.9 Å². The van der Waals surface area contributed by atoms with Gasteiger partial charge >= 0.3 is 5.97 Å². The second kappa shape index (κ2) is 8.73. The maximum atomic E-state index is 13.1. The van der Waals surface area contributed by atoms with Gasteiger partial charge in [-0.3, -0.25) is 14.4 Å². The van der Waals surface area contributed by atoms with E-state index < -0.39 is 23.7 Å². The third-order valence-electron chi connectivity index (χ3n) is 5.22. The van der Waals surface area contributed by atoms with E-state index in [2.05, 4.69) is 5.32 Å². The molecule has 0 aromatic heterocycles. The zero-order chi connectivity index (χ0) is 19.4. The van der Waals surface area contributed by atoms with Crippen molar-refractivity contribution in [2.45, 2.75) is 37.6 Å². The number of amides is 2. The van der Waals surface area contributed by atoms with Crippen molar-refractivity contribution in [3.8, 4) is 0 Å². The van der Waals surface area contributed by atoms with Crippen molar-refractivity contribution >= 4 is 29.5 Å². The Morgan fingerprint density at radius 3 is 2.52 bits per heavy atom. The monoisotopic (exact) mass is 394 g/mol. The van der Waals surface area contributed by atoms with Crippen LogP contribution in [0.2, 0.25) is 0 Å². The lowest BCUT2D eigenvalue weighted by Crippen LogP contribution is -2.49. The number of carboxylic acid groups (broad SMARTS) is 1. The molecule has 2 aliphatic rings. The summed E-state index contributed by atoms with van der Waals surface area (Å²) in [6, 6.07) is 4.64. The molecule has 1 saturated carbocycles. The van der Waals surface area contributed by atoms with E-state index in [0.717, 1.165) is 25.7 Å². The number of nitrogens with zero attached hydrogens (tertiary/aromatic N) is 1. The molecule has 146 valence electrons. The Hall–Kier alpha value is -2.09. The highest BCUT2D eigenvalue weighted by Crippen LogP contribution is 2.30. The molecule has 3 rings (SSSR count). The van der Waals surface area contributed by atoms with Crippen LogP contribution >= 0.6 is 11.8 Å². The van der Waals surface area contributed by atoms with Gasteiger partial charge in [0.2, 0.25) is 11.8 Å². The molecule has 2 amide bonds. The Balaban J connectivity index is 1.62. The predicted octanol–water partition coefficient (Wildman–Crippen LogP) is 2.20. The minimum absolute atomic E-state index is 0.00461. The summed E-state index contributed by atoms with van der Waals surface area (Å²) in [5, 5.41) is 12.1. The van der Waals surface area contributed by atoms with E-state index >= 15 is 0 Å². The van der Waals surface area contributed by atoms with Gasteiger partial charge in [-0.15, -0.1) is 11.8 Å². The average Bonchev–Trinajstić information content (AvgIpc) is 3.34. The smallest absolute Gasteiger partial charge is 0.312 e. The highest BCUT2D eigenvalue weighted by molar-refractivity contribution is 7.99. The summed E-state index contributed by atoms with van der Waals surface area (Å²) in [6.45, 7) is -0.105. The number of benzene rings is 1. The number of hydrogen-bond acceptors (Lipinski definition) is 4. The topological polar surface area (TPSA) is 86.7 Å². The molecule has 2 unspecified atom stereocenters. The van der Waals surface area contributed by atoms with Crippen LogP contribution in [0.4, 0.5) is 4.39 Å². The number of rotatable bonds is 6. The lowest BCUT2D eigenvalue weighted by atomic mass is 9.99. The van der Waals surface area contributed by atoms with Crippen LogP contribution in [0.3, 0.4) is 0 Å². The van der Waals surface area contributed by atoms with Crippen molar-refractivity contribution in [1.82, 2.24) is 10.2 Å². The molecule has 2 fully saturated rings. The average molecular weight is 394 g/mol. The molecular weight excluding hydrogens is 371 g/mol. The van der Waals surface area contributed by atoms with Crippen molar-refractivity contribution in [2.75, 3.05) is 18.2 Å². The molecule has 0 radical (unpaired) electrons. The zero-order valence-electron chi connectivity index (χ0n) is 14.9. The van der Waals surface area contributed by atoms with Gasteiger partial charge in [0, 0.05) is 18.2 Å². The van der Waals surface area contributed by atoms with Gasteiger partial charge in [0.05, 0.1) is 11.8 Å². The minimum Gasteiger partial charge on any atom is -0.481 e. The van der Waals surface area contributed by atoms with E-state index in [1.807, 2.05) is 0 Å². The minimum atomic E-state index is -1.10. The van der Waals surface area contributed by atoms with Crippen LogP contribution in [0.15, 0.2) is 24.3 Å². The number of hydrogen-bond donors (Lipinski definition) is 2. The summed E-state index contributed by atoms with van der Waals surface area (Å²) in [7, 11) is 0. The maximum Gasteiger partial charge on any atom is 0.312 e. The van der Waals surface area contributed by atoms with E-state index in [0.29, 0.717) is 17.2 Å². The first-order chi connectivity index (χ1) is 13.0. The van der Waals surface area contributed by atoms with Crippen molar-refractivity contribution in [2.24, 2.45) is 5.92 Å². The van der Waals surface area contributed by atoms with Gasteiger partial charge in [-0.1, -0.05) is 25.0 Å². The molecule has 1 saturated heterocycles. The molecule has 2 atom stereocenters. The van der Waals surface area contributed by atoms with Crippen LogP contribution < -0.4 is 5.32 Å². The molecule has 1 heterocycles. The van der Waals surface area contributed by atoms with E-state index in [4.69, 9.17) is 0 Å². The number of halogens is 1. The van der Waals surface area contributed by atoms with Crippen molar-refractivity contribution in [1.29, 1.82) is 0 Å². The molecular formula is C19H23FN2O4S. The zero-order valence-corrected chi connectivity index (χ0v) is 15.7. The Labute approximate surface area is 161 Å². The fourth-order valence-corrected chi connectivity index (χ4v) is 4.81. The van der Waals surface area contributed by atoms with Gasteiger partial charge in [0.25, 0.3) is 0 Å². The van der Waals surface area contributed by atoms with Gasteiger partial charge < -0.3 is 15.3 Å². The van der Waals surface area contributed by atoms with E-state index in [1.54, 1.807) is 4.90 Å². The Morgan fingerprint density at radius 1 is 1.22 bits per heavy atom. The summed E-state index contributed by atoms with van der Waals surface area (Å²) < 4.78 is 13.1. The van der Waals surface area contributed by atoms with Crippen LogP contribution in [-0.2, 0) is 14.4 Å². The molecule has 1 aromatic rings. The SMILES string of the molecule is O=C(O)C(CNC(=O)C1CSCN1C(=O)C1CCCC1)c1ccc(F)cc1.